The van der Waals surface area contributed by atoms with Crippen molar-refractivity contribution in [1.29, 1.82) is 0 Å². The van der Waals surface area contributed by atoms with E-state index in [1.807, 2.05) is 0 Å². The summed E-state index contributed by atoms with van der Waals surface area (Å²) in [6.45, 7) is 0. The van der Waals surface area contributed by atoms with E-state index in [1.54, 1.807) is 0 Å². The van der Waals surface area contributed by atoms with E-state index >= 15 is 0 Å². The van der Waals surface area contributed by atoms with Gasteiger partial charge in [0.15, 0.2) is 0 Å². The van der Waals surface area contributed by atoms with E-state index in [-0.39, 0.29) is 23.3 Å². The van der Waals surface area contributed by atoms with Crippen LogP contribution in [0.3, 0.4) is 0 Å². The number of nitrogens with zero attached hydrogens (tertiary/aromatic N) is 2. The van der Waals surface area contributed by atoms with Gasteiger partial charge in [-0.25, -0.2) is 9.97 Å². The summed E-state index contributed by atoms with van der Waals surface area (Å²) in [4.78, 5) is 9.08. The maximum atomic E-state index is 12.5. The molecule has 0 aromatic carbocycles. The largest absolute Gasteiger partial charge is 0.393 e. The van der Waals surface area contributed by atoms with Crippen LogP contribution in [0.25, 0.3) is 10.2 Å². The van der Waals surface area contributed by atoms with Crippen LogP contribution in [0.5, 0.6) is 0 Å². The van der Waals surface area contributed by atoms with Gasteiger partial charge in [-0.15, -0.1) is 23.7 Å². The van der Waals surface area contributed by atoms with Crippen molar-refractivity contribution in [2.24, 2.45) is 11.5 Å². The second-order valence-electron chi connectivity index (χ2n) is 5.60. The molecule has 1 saturated carbocycles. The summed E-state index contributed by atoms with van der Waals surface area (Å²) in [5, 5.41) is 0.623. The molecular formula is C13H16ClF3N4S. The fraction of sp³-hybridized carbons (Fsp3) is 0.538. The number of alkyl halides is 3. The van der Waals surface area contributed by atoms with Gasteiger partial charge in [-0.05, 0) is 25.3 Å². The molecule has 2 aromatic heterocycles. The second kappa shape index (κ2) is 5.92. The Hall–Kier alpha value is -0.960. The van der Waals surface area contributed by atoms with E-state index in [1.165, 1.54) is 12.4 Å². The van der Waals surface area contributed by atoms with Crippen molar-refractivity contribution in [3.8, 4) is 0 Å². The number of halogens is 4. The number of aromatic nitrogens is 2. The topological polar surface area (TPSA) is 77.8 Å². The van der Waals surface area contributed by atoms with Gasteiger partial charge in [0.1, 0.15) is 11.2 Å². The number of fused-ring (bicyclic) bond motifs is 1. The monoisotopic (exact) mass is 352 g/mol. The molecule has 4 N–H and O–H groups in total. The number of thiophene rings is 1. The molecule has 22 heavy (non-hydrogen) atoms. The normalized spacial score (nSPS) is 25.4. The molecular weight excluding hydrogens is 337 g/mol. The standard InChI is InChI=1S/C13H15F3N4S.ClH/c14-13(15,16)5-8-3-9-10(19-6-20-11(9)21-8)12(18)2-1-7(17)4-12;/h3,6-7H,1-2,4-5,17-18H2;1H. The number of hydrogen-bond donors (Lipinski definition) is 2. The highest BCUT2D eigenvalue weighted by Crippen LogP contribution is 2.40. The highest BCUT2D eigenvalue weighted by Gasteiger charge is 2.38. The van der Waals surface area contributed by atoms with Crippen LogP contribution < -0.4 is 11.5 Å². The molecule has 0 aliphatic heterocycles. The Labute approximate surface area is 135 Å². The van der Waals surface area contributed by atoms with Crippen molar-refractivity contribution < 1.29 is 13.2 Å². The van der Waals surface area contributed by atoms with E-state index in [2.05, 4.69) is 9.97 Å². The van der Waals surface area contributed by atoms with Gasteiger partial charge < -0.3 is 11.5 Å². The molecule has 0 amide bonds. The second-order valence-corrected chi connectivity index (χ2v) is 6.72. The number of hydrogen-bond acceptors (Lipinski definition) is 5. The van der Waals surface area contributed by atoms with Crippen LogP contribution in [-0.4, -0.2) is 22.2 Å². The minimum absolute atomic E-state index is 0. The number of nitrogens with two attached hydrogens (primary N) is 2. The maximum absolute atomic E-state index is 12.5. The molecule has 0 saturated heterocycles. The van der Waals surface area contributed by atoms with Crippen LogP contribution >= 0.6 is 23.7 Å². The summed E-state index contributed by atoms with van der Waals surface area (Å²) in [6.07, 6.45) is -1.75. The first-order chi connectivity index (χ1) is 9.77. The molecule has 1 fully saturated rings. The predicted molar refractivity (Wildman–Crippen MR) is 82.1 cm³/mol. The molecule has 3 rings (SSSR count). The average Bonchev–Trinajstić information content (AvgIpc) is 2.90. The summed E-state index contributed by atoms with van der Waals surface area (Å²) in [7, 11) is 0. The maximum Gasteiger partial charge on any atom is 0.393 e. The zero-order valence-electron chi connectivity index (χ0n) is 11.6. The van der Waals surface area contributed by atoms with Crippen LogP contribution in [-0.2, 0) is 12.0 Å². The minimum atomic E-state index is -4.23. The van der Waals surface area contributed by atoms with Crippen molar-refractivity contribution in [3.05, 3.63) is 23.0 Å². The van der Waals surface area contributed by atoms with Crippen molar-refractivity contribution in [2.75, 3.05) is 0 Å². The molecule has 0 bridgehead atoms. The Morgan fingerprint density at radius 1 is 1.36 bits per heavy atom. The van der Waals surface area contributed by atoms with Crippen molar-refractivity contribution in [2.45, 2.75) is 43.4 Å². The van der Waals surface area contributed by atoms with Crippen molar-refractivity contribution in [3.63, 3.8) is 0 Å². The van der Waals surface area contributed by atoms with E-state index in [0.717, 1.165) is 17.8 Å². The Morgan fingerprint density at radius 3 is 2.68 bits per heavy atom. The van der Waals surface area contributed by atoms with Crippen molar-refractivity contribution in [1.82, 2.24) is 9.97 Å². The molecule has 0 radical (unpaired) electrons. The quantitative estimate of drug-likeness (QED) is 0.871. The highest BCUT2D eigenvalue weighted by atomic mass is 35.5. The van der Waals surface area contributed by atoms with Gasteiger partial charge in [0.05, 0.1) is 17.7 Å². The molecule has 2 atom stereocenters. The van der Waals surface area contributed by atoms with E-state index in [4.69, 9.17) is 11.5 Å². The van der Waals surface area contributed by atoms with Gasteiger partial charge in [-0.3, -0.25) is 0 Å². The lowest BCUT2D eigenvalue weighted by molar-refractivity contribution is -0.126. The minimum Gasteiger partial charge on any atom is -0.328 e. The zero-order valence-corrected chi connectivity index (χ0v) is 13.2. The zero-order chi connectivity index (χ0) is 15.3. The lowest BCUT2D eigenvalue weighted by atomic mass is 9.92. The molecule has 9 heteroatoms. The third-order valence-corrected chi connectivity index (χ3v) is 4.86. The highest BCUT2D eigenvalue weighted by molar-refractivity contribution is 7.18. The average molecular weight is 353 g/mol. The molecule has 2 unspecified atom stereocenters. The summed E-state index contributed by atoms with van der Waals surface area (Å²) >= 11 is 1.04. The predicted octanol–water partition coefficient (Wildman–Crippen LogP) is 2.88. The lowest BCUT2D eigenvalue weighted by Gasteiger charge is -2.23. The van der Waals surface area contributed by atoms with Crippen LogP contribution in [0, 0.1) is 0 Å². The molecule has 2 aromatic rings. The van der Waals surface area contributed by atoms with Crippen LogP contribution in [0.2, 0.25) is 0 Å². The fourth-order valence-corrected chi connectivity index (χ4v) is 3.94. The van der Waals surface area contributed by atoms with Gasteiger partial charge in [-0.2, -0.15) is 13.2 Å². The Balaban J connectivity index is 0.00000176. The fourth-order valence-electron chi connectivity index (χ4n) is 2.92. The molecule has 1 aliphatic rings. The molecule has 0 spiro atoms. The molecule has 122 valence electrons. The smallest absolute Gasteiger partial charge is 0.328 e. The van der Waals surface area contributed by atoms with Gasteiger partial charge in [0, 0.05) is 16.3 Å². The SMILES string of the molecule is Cl.NC1CCC(N)(c2ncnc3sc(CC(F)(F)F)cc23)C1. The third-order valence-electron chi connectivity index (χ3n) is 3.81. The summed E-state index contributed by atoms with van der Waals surface area (Å²) in [5.41, 5.74) is 12.2. The molecule has 2 heterocycles. The van der Waals surface area contributed by atoms with E-state index < -0.39 is 18.1 Å². The van der Waals surface area contributed by atoms with Crippen molar-refractivity contribution >= 4 is 34.0 Å². The number of rotatable bonds is 2. The van der Waals surface area contributed by atoms with E-state index in [9.17, 15) is 13.2 Å². The van der Waals surface area contributed by atoms with Gasteiger partial charge >= 0.3 is 6.18 Å². The first-order valence-electron chi connectivity index (χ1n) is 6.62. The Kier molecular flexibility index (Phi) is 4.68. The van der Waals surface area contributed by atoms with Crippen LogP contribution in [0.4, 0.5) is 13.2 Å². The third kappa shape index (κ3) is 3.34. The first-order valence-corrected chi connectivity index (χ1v) is 7.44. The van der Waals surface area contributed by atoms with Gasteiger partial charge in [0.2, 0.25) is 0 Å². The summed E-state index contributed by atoms with van der Waals surface area (Å²) in [6, 6.07) is 1.52. The molecule has 4 nitrogen and oxygen atoms in total. The lowest BCUT2D eigenvalue weighted by Crippen LogP contribution is -2.36. The summed E-state index contributed by atoms with van der Waals surface area (Å²) < 4.78 is 37.6. The van der Waals surface area contributed by atoms with E-state index in [0.29, 0.717) is 28.8 Å². The van der Waals surface area contributed by atoms with Gasteiger partial charge in [0.25, 0.3) is 0 Å². The molecule has 1 aliphatic carbocycles. The first kappa shape index (κ1) is 17.4. The van der Waals surface area contributed by atoms with Gasteiger partial charge in [-0.1, -0.05) is 0 Å². The Bertz CT molecular complexity index is 675. The van der Waals surface area contributed by atoms with Crippen LogP contribution in [0.15, 0.2) is 12.4 Å². The summed E-state index contributed by atoms with van der Waals surface area (Å²) in [5.74, 6) is 0. The Morgan fingerprint density at radius 2 is 2.09 bits per heavy atom. The van der Waals surface area contributed by atoms with Crippen LogP contribution in [0.1, 0.15) is 29.8 Å².